The molecular weight excluding hydrogens is 288 g/mol. The summed E-state index contributed by atoms with van der Waals surface area (Å²) in [6.45, 7) is 2.93. The standard InChI is InChI=1S/C11H20N2O4S2/c1-7(19-4)10(15)12-13(8(2)14)9(11(16)17)5-6-18-3/h7,9H,5-6H2,1-4H3,(H,12,15)(H,16,17)/t7?,9-/m0/s1. The lowest BCUT2D eigenvalue weighted by Gasteiger charge is -2.28. The summed E-state index contributed by atoms with van der Waals surface area (Å²) in [5, 5.41) is 9.73. The van der Waals surface area contributed by atoms with Gasteiger partial charge in [0.15, 0.2) is 6.04 Å². The third kappa shape index (κ3) is 6.20. The topological polar surface area (TPSA) is 86.7 Å². The Labute approximate surface area is 121 Å². The van der Waals surface area contributed by atoms with Crippen molar-refractivity contribution in [3.63, 3.8) is 0 Å². The van der Waals surface area contributed by atoms with E-state index < -0.39 is 17.9 Å². The quantitative estimate of drug-likeness (QED) is 0.677. The molecule has 19 heavy (non-hydrogen) atoms. The molecule has 0 aliphatic rings. The molecule has 0 aliphatic carbocycles. The summed E-state index contributed by atoms with van der Waals surface area (Å²) in [7, 11) is 0. The fourth-order valence-corrected chi connectivity index (χ4v) is 2.01. The van der Waals surface area contributed by atoms with Crippen LogP contribution in [-0.2, 0) is 14.4 Å². The van der Waals surface area contributed by atoms with Crippen LogP contribution in [0, 0.1) is 0 Å². The van der Waals surface area contributed by atoms with Gasteiger partial charge in [-0.15, -0.1) is 0 Å². The third-order valence-corrected chi connectivity index (χ3v) is 4.05. The van der Waals surface area contributed by atoms with E-state index in [-0.39, 0.29) is 17.6 Å². The number of carboxylic acids is 1. The van der Waals surface area contributed by atoms with E-state index in [0.29, 0.717) is 5.75 Å². The number of hydrazine groups is 1. The zero-order valence-electron chi connectivity index (χ0n) is 11.5. The lowest BCUT2D eigenvalue weighted by Crippen LogP contribution is -2.55. The van der Waals surface area contributed by atoms with Gasteiger partial charge in [-0.25, -0.2) is 9.80 Å². The van der Waals surface area contributed by atoms with E-state index in [4.69, 9.17) is 5.11 Å². The number of rotatable bonds is 7. The van der Waals surface area contributed by atoms with E-state index in [2.05, 4.69) is 5.43 Å². The Bertz CT molecular complexity index is 339. The summed E-state index contributed by atoms with van der Waals surface area (Å²) >= 11 is 2.81. The van der Waals surface area contributed by atoms with Crippen molar-refractivity contribution in [3.05, 3.63) is 0 Å². The lowest BCUT2D eigenvalue weighted by atomic mass is 10.2. The first-order valence-corrected chi connectivity index (χ1v) is 8.38. The molecule has 0 saturated heterocycles. The van der Waals surface area contributed by atoms with E-state index in [1.807, 2.05) is 6.26 Å². The third-order valence-electron chi connectivity index (χ3n) is 2.48. The van der Waals surface area contributed by atoms with Crippen LogP contribution in [0.15, 0.2) is 0 Å². The fraction of sp³-hybridized carbons (Fsp3) is 0.727. The molecule has 8 heteroatoms. The Balaban J connectivity index is 4.89. The minimum absolute atomic E-state index is 0.282. The van der Waals surface area contributed by atoms with Gasteiger partial charge >= 0.3 is 5.97 Å². The molecular formula is C11H20N2O4S2. The number of hydrogen-bond acceptors (Lipinski definition) is 5. The van der Waals surface area contributed by atoms with E-state index in [9.17, 15) is 14.4 Å². The number of amides is 2. The van der Waals surface area contributed by atoms with Gasteiger partial charge in [-0.1, -0.05) is 0 Å². The number of hydrogen-bond donors (Lipinski definition) is 2. The van der Waals surface area contributed by atoms with E-state index >= 15 is 0 Å². The predicted molar refractivity (Wildman–Crippen MR) is 78.1 cm³/mol. The van der Waals surface area contributed by atoms with Gasteiger partial charge in [0.1, 0.15) is 0 Å². The highest BCUT2D eigenvalue weighted by atomic mass is 32.2. The van der Waals surface area contributed by atoms with Crippen molar-refractivity contribution in [3.8, 4) is 0 Å². The van der Waals surface area contributed by atoms with Crippen LogP contribution in [0.25, 0.3) is 0 Å². The minimum atomic E-state index is -1.12. The van der Waals surface area contributed by atoms with Crippen LogP contribution < -0.4 is 5.43 Å². The Hall–Kier alpha value is -0.890. The molecule has 2 amide bonds. The Kier molecular flexibility index (Phi) is 8.66. The summed E-state index contributed by atoms with van der Waals surface area (Å²) in [5.74, 6) is -1.40. The van der Waals surface area contributed by atoms with Gasteiger partial charge in [0, 0.05) is 6.92 Å². The molecule has 0 bridgehead atoms. The van der Waals surface area contributed by atoms with Crippen LogP contribution in [0.1, 0.15) is 20.3 Å². The molecule has 0 aromatic rings. The van der Waals surface area contributed by atoms with Crippen molar-refractivity contribution in [1.29, 1.82) is 0 Å². The number of nitrogens with one attached hydrogen (secondary N) is 1. The Morgan fingerprint density at radius 2 is 1.89 bits per heavy atom. The predicted octanol–water partition coefficient (Wildman–Crippen LogP) is 0.824. The number of carboxylic acid groups (broad SMARTS) is 1. The van der Waals surface area contributed by atoms with Crippen LogP contribution in [-0.4, -0.2) is 57.5 Å². The maximum Gasteiger partial charge on any atom is 0.328 e. The van der Waals surface area contributed by atoms with Crippen molar-refractivity contribution in [2.75, 3.05) is 18.3 Å². The van der Waals surface area contributed by atoms with Crippen LogP contribution in [0.2, 0.25) is 0 Å². The Morgan fingerprint density at radius 3 is 2.26 bits per heavy atom. The first-order valence-electron chi connectivity index (χ1n) is 5.70. The molecule has 0 aromatic heterocycles. The zero-order chi connectivity index (χ0) is 15.0. The average molecular weight is 308 g/mol. The van der Waals surface area contributed by atoms with Crippen molar-refractivity contribution < 1.29 is 19.5 Å². The fourth-order valence-electron chi connectivity index (χ4n) is 1.29. The molecule has 0 fully saturated rings. The SMILES string of the molecule is CSCC[C@@H](C(=O)O)N(NC(=O)C(C)SC)C(C)=O. The van der Waals surface area contributed by atoms with Gasteiger partial charge in [-0.3, -0.25) is 15.0 Å². The monoisotopic (exact) mass is 308 g/mol. The Morgan fingerprint density at radius 1 is 1.32 bits per heavy atom. The normalized spacial score (nSPS) is 13.5. The second-order valence-corrected chi connectivity index (χ2v) is 6.04. The first kappa shape index (κ1) is 18.1. The van der Waals surface area contributed by atoms with Crippen LogP contribution in [0.5, 0.6) is 0 Å². The highest BCUT2D eigenvalue weighted by molar-refractivity contribution is 7.99. The highest BCUT2D eigenvalue weighted by Gasteiger charge is 2.29. The number of nitrogens with zero attached hydrogens (tertiary/aromatic N) is 1. The highest BCUT2D eigenvalue weighted by Crippen LogP contribution is 2.10. The van der Waals surface area contributed by atoms with E-state index in [1.54, 1.807) is 13.2 Å². The molecule has 0 spiro atoms. The molecule has 0 heterocycles. The van der Waals surface area contributed by atoms with Crippen molar-refractivity contribution in [2.24, 2.45) is 0 Å². The summed E-state index contributed by atoms with van der Waals surface area (Å²) in [6, 6.07) is -1.04. The zero-order valence-corrected chi connectivity index (χ0v) is 13.1. The van der Waals surface area contributed by atoms with Gasteiger partial charge in [-0.2, -0.15) is 23.5 Å². The van der Waals surface area contributed by atoms with Crippen LogP contribution >= 0.6 is 23.5 Å². The maximum absolute atomic E-state index is 11.8. The van der Waals surface area contributed by atoms with Gasteiger partial charge in [0.25, 0.3) is 5.91 Å². The van der Waals surface area contributed by atoms with Crippen LogP contribution in [0.4, 0.5) is 0 Å². The van der Waals surface area contributed by atoms with E-state index in [0.717, 1.165) is 5.01 Å². The molecule has 0 radical (unpaired) electrons. The molecule has 2 N–H and O–H groups in total. The maximum atomic E-state index is 11.8. The number of carbonyl (C=O) groups is 3. The molecule has 1 unspecified atom stereocenters. The molecule has 0 saturated carbocycles. The summed E-state index contributed by atoms with van der Waals surface area (Å²) in [5.41, 5.74) is 2.39. The number of aliphatic carboxylic acids is 1. The smallest absolute Gasteiger partial charge is 0.328 e. The minimum Gasteiger partial charge on any atom is -0.480 e. The average Bonchev–Trinajstić information content (AvgIpc) is 2.35. The van der Waals surface area contributed by atoms with Crippen LogP contribution in [0.3, 0.4) is 0 Å². The first-order chi connectivity index (χ1) is 8.84. The summed E-state index contributed by atoms with van der Waals surface area (Å²) < 4.78 is 0. The van der Waals surface area contributed by atoms with Gasteiger partial charge in [-0.05, 0) is 31.6 Å². The van der Waals surface area contributed by atoms with Gasteiger partial charge in [0.2, 0.25) is 5.91 Å². The second-order valence-electron chi connectivity index (χ2n) is 3.88. The largest absolute Gasteiger partial charge is 0.480 e. The molecule has 6 nitrogen and oxygen atoms in total. The van der Waals surface area contributed by atoms with Gasteiger partial charge in [0.05, 0.1) is 5.25 Å². The molecule has 2 atom stereocenters. The summed E-state index contributed by atoms with van der Waals surface area (Å²) in [4.78, 5) is 34.5. The molecule has 0 aromatic carbocycles. The van der Waals surface area contributed by atoms with Gasteiger partial charge < -0.3 is 5.11 Å². The summed E-state index contributed by atoms with van der Waals surface area (Å²) in [6.07, 6.45) is 3.90. The van der Waals surface area contributed by atoms with Crippen molar-refractivity contribution in [1.82, 2.24) is 10.4 Å². The molecule has 0 rings (SSSR count). The molecule has 110 valence electrons. The molecule has 0 aliphatic heterocycles. The lowest BCUT2D eigenvalue weighted by molar-refractivity contribution is -0.155. The van der Waals surface area contributed by atoms with Crippen molar-refractivity contribution >= 4 is 41.3 Å². The number of thioether (sulfide) groups is 2. The van der Waals surface area contributed by atoms with Crippen molar-refractivity contribution in [2.45, 2.75) is 31.6 Å². The second kappa shape index (κ2) is 9.08. The number of carbonyl (C=O) groups excluding carboxylic acids is 2. The van der Waals surface area contributed by atoms with E-state index in [1.165, 1.54) is 30.4 Å².